The summed E-state index contributed by atoms with van der Waals surface area (Å²) in [5.41, 5.74) is 0. The number of hydrogen-bond donors (Lipinski definition) is 4. The molecule has 0 aromatic rings. The molecular weight excluding hydrogens is 1430 g/mol. The van der Waals surface area contributed by atoms with Crippen molar-refractivity contribution in [2.75, 3.05) is 39.6 Å². The first-order chi connectivity index (χ1) is 54.2. The van der Waals surface area contributed by atoms with Crippen molar-refractivity contribution in [1.82, 2.24) is 0 Å². The Morgan fingerprint density at radius 3 is 0.748 bits per heavy atom. The first-order valence-corrected chi connectivity index (χ1v) is 45.0. The lowest BCUT2D eigenvalue weighted by molar-refractivity contribution is -0.161. The maximum Gasteiger partial charge on any atom is 0.472 e. The molecule has 111 heavy (non-hydrogen) atoms. The molecule has 0 aliphatic carbocycles. The maximum atomic E-state index is 13.0. The second-order valence-corrected chi connectivity index (χ2v) is 30.0. The van der Waals surface area contributed by atoms with E-state index >= 15 is 0 Å². The molecule has 0 rings (SSSR count). The zero-order valence-electron chi connectivity index (χ0n) is 68.5. The van der Waals surface area contributed by atoms with Crippen LogP contribution >= 0.6 is 15.6 Å². The molecule has 0 fully saturated rings. The number of ether oxygens (including phenoxy) is 3. The highest BCUT2D eigenvalue weighted by Crippen LogP contribution is 2.45. The maximum absolute atomic E-state index is 13.0. The van der Waals surface area contributed by atoms with E-state index in [4.69, 9.17) is 32.3 Å². The van der Waals surface area contributed by atoms with Crippen molar-refractivity contribution in [3.8, 4) is 0 Å². The summed E-state index contributed by atoms with van der Waals surface area (Å²) >= 11 is 0. The Morgan fingerprint density at radius 2 is 0.468 bits per heavy atom. The summed E-state index contributed by atoms with van der Waals surface area (Å²) in [7, 11) is -9.85. The molecule has 0 aromatic heterocycles. The molecule has 5 unspecified atom stereocenters. The van der Waals surface area contributed by atoms with Crippen LogP contribution in [0.15, 0.2) is 219 Å². The second kappa shape index (κ2) is 83.3. The van der Waals surface area contributed by atoms with Crippen molar-refractivity contribution < 1.29 is 75.8 Å². The zero-order chi connectivity index (χ0) is 80.8. The number of phosphoric ester groups is 2. The molecule has 0 amide bonds. The molecule has 0 saturated heterocycles. The normalized spacial score (nSPS) is 15.0. The number of unbranched alkanes of at least 4 members (excludes halogenated alkanes) is 18. The van der Waals surface area contributed by atoms with E-state index < -0.39 is 91.5 Å². The Kier molecular flexibility index (Phi) is 78.7. The van der Waals surface area contributed by atoms with Crippen LogP contribution in [0.4, 0.5) is 0 Å². The summed E-state index contributed by atoms with van der Waals surface area (Å²) in [4.78, 5) is 58.8. The van der Waals surface area contributed by atoms with Crippen LogP contribution < -0.4 is 0 Å². The summed E-state index contributed by atoms with van der Waals surface area (Å²) < 4.78 is 61.2. The third kappa shape index (κ3) is 84.6. The highest BCUT2D eigenvalue weighted by atomic mass is 31.2. The molecule has 0 aliphatic rings. The molecule has 0 spiro atoms. The highest BCUT2D eigenvalue weighted by Gasteiger charge is 2.29. The van der Waals surface area contributed by atoms with Crippen LogP contribution in [-0.2, 0) is 55.8 Å². The smallest absolute Gasteiger partial charge is 0.463 e. The van der Waals surface area contributed by atoms with E-state index in [1.165, 1.54) is 38.5 Å². The number of phosphoric acid groups is 2. The van der Waals surface area contributed by atoms with E-state index in [1.54, 1.807) is 0 Å². The predicted molar refractivity (Wildman–Crippen MR) is 463 cm³/mol. The van der Waals surface area contributed by atoms with Gasteiger partial charge in [0.15, 0.2) is 6.10 Å². The summed E-state index contributed by atoms with van der Waals surface area (Å²) in [6.07, 6.45) is 113. The Hall–Kier alpha value is -6.13. The van der Waals surface area contributed by atoms with Gasteiger partial charge in [-0.2, -0.15) is 0 Å². The summed E-state index contributed by atoms with van der Waals surface area (Å²) in [5.74, 6) is -1.70. The van der Waals surface area contributed by atoms with Gasteiger partial charge in [-0.25, -0.2) is 9.13 Å². The van der Waals surface area contributed by atoms with Crippen LogP contribution in [0.2, 0.25) is 0 Å². The minimum absolute atomic E-state index is 0.0315. The molecule has 0 saturated carbocycles. The third-order valence-corrected chi connectivity index (χ3v) is 18.6. The fraction of sp³-hybridized carbons (Fsp3) is 0.581. The van der Waals surface area contributed by atoms with Gasteiger partial charge in [-0.15, -0.1) is 0 Å². The molecule has 0 radical (unpaired) electrons. The monoisotopic (exact) mass is 1580 g/mol. The standard InChI is InChI=1S/C93H148O16P2/c1-4-7-10-13-16-19-22-25-28-31-34-36-38-40-42-43-45-47-48-50-53-55-58-61-64-67-70-73-76-79-91(96)103-82-88(94)83-105-110(99,100)106-84-89(95)85-107-111(101,102)108-87-90(109-93(98)81-78-75-72-69-66-63-60-57-52-33-30-27-24-21-18-15-12-9-6-3)86-104-92(97)80-77-74-71-68-65-62-59-56-54-51-49-46-44-41-39-37-35-32-29-26-23-20-17-14-11-8-5-2/h7-12,16-21,25-30,34-37,40-42,44-45,47,49,51-52,57,63,66,72,75,88-90,94-95H,4-6,13-15,22-24,31-33,38-39,43,46,48,50,53-56,58-62,64-65,67-71,73-74,76-87H2,1-3H3,(H,99,100)(H,101,102)/b10-7-,11-8-,12-9-,19-16-,20-17-,21-18-,28-25-,29-26-,30-27-,36-34-,37-35-,42-40-,44-41-,47-45-,51-49-,57-52-,66-63-,75-72-. The molecular formula is C93H148O16P2. The van der Waals surface area contributed by atoms with Crippen molar-refractivity contribution in [3.63, 3.8) is 0 Å². The topological polar surface area (TPSA) is 231 Å². The van der Waals surface area contributed by atoms with Gasteiger partial charge in [-0.1, -0.05) is 329 Å². The lowest BCUT2D eigenvalue weighted by atomic mass is 10.1. The van der Waals surface area contributed by atoms with E-state index in [9.17, 15) is 43.5 Å². The van der Waals surface area contributed by atoms with Gasteiger partial charge in [-0.05, 0) is 161 Å². The largest absolute Gasteiger partial charge is 0.472 e. The number of carbonyl (C=O) groups is 3. The molecule has 626 valence electrons. The zero-order valence-corrected chi connectivity index (χ0v) is 70.3. The average Bonchev–Trinajstić information content (AvgIpc) is 0.900. The van der Waals surface area contributed by atoms with Crippen molar-refractivity contribution in [3.05, 3.63) is 219 Å². The van der Waals surface area contributed by atoms with Crippen molar-refractivity contribution in [2.24, 2.45) is 0 Å². The van der Waals surface area contributed by atoms with Crippen LogP contribution in [-0.4, -0.2) is 95.9 Å². The lowest BCUT2D eigenvalue weighted by Crippen LogP contribution is -2.29. The van der Waals surface area contributed by atoms with Gasteiger partial charge >= 0.3 is 33.6 Å². The van der Waals surface area contributed by atoms with Crippen LogP contribution in [0.3, 0.4) is 0 Å². The Balaban J connectivity index is 4.70. The number of hydrogen-bond acceptors (Lipinski definition) is 14. The lowest BCUT2D eigenvalue weighted by Gasteiger charge is -2.21. The first-order valence-electron chi connectivity index (χ1n) is 42.0. The van der Waals surface area contributed by atoms with Crippen LogP contribution in [0.25, 0.3) is 0 Å². The fourth-order valence-electron chi connectivity index (χ4n) is 10.4. The Morgan fingerprint density at radius 1 is 0.252 bits per heavy atom. The summed E-state index contributed by atoms with van der Waals surface area (Å²) in [6.45, 7) is 2.22. The molecule has 0 aliphatic heterocycles. The van der Waals surface area contributed by atoms with E-state index in [0.717, 1.165) is 186 Å². The van der Waals surface area contributed by atoms with Crippen molar-refractivity contribution >= 4 is 33.6 Å². The van der Waals surface area contributed by atoms with Crippen LogP contribution in [0.5, 0.6) is 0 Å². The van der Waals surface area contributed by atoms with Gasteiger partial charge in [0.05, 0.1) is 26.4 Å². The van der Waals surface area contributed by atoms with Crippen molar-refractivity contribution in [2.45, 2.75) is 309 Å². The molecule has 4 N–H and O–H groups in total. The SMILES string of the molecule is CC/C=C\C/C=C\C/C=C\C/C=C\C/C=C\C/C=C\CCCCCCCCCCCCC(=O)OCC(O)COP(=O)(O)OCC(O)COP(=O)(O)OCC(COC(=O)CCCCCCCCCC/C=C\C/C=C\C/C=C\C/C=C\C/C=C\C/C=C\CC)OC(=O)CC/C=C\C/C=C\C/C=C\C/C=C\C/C=C\C/C=C\CC. The molecule has 5 atom stereocenters. The quantitative estimate of drug-likeness (QED) is 0.0146. The van der Waals surface area contributed by atoms with Crippen molar-refractivity contribution in [1.29, 1.82) is 0 Å². The van der Waals surface area contributed by atoms with Gasteiger partial charge in [0.1, 0.15) is 25.4 Å². The molecule has 0 bridgehead atoms. The molecule has 18 heteroatoms. The van der Waals surface area contributed by atoms with Gasteiger partial charge < -0.3 is 34.2 Å². The van der Waals surface area contributed by atoms with Gasteiger partial charge in [0.25, 0.3) is 0 Å². The van der Waals surface area contributed by atoms with E-state index in [0.29, 0.717) is 25.7 Å². The number of rotatable bonds is 77. The number of aliphatic hydroxyl groups excluding tert-OH is 2. The summed E-state index contributed by atoms with van der Waals surface area (Å²) in [6, 6.07) is 0. The third-order valence-electron chi connectivity index (χ3n) is 16.7. The number of carbonyl (C=O) groups excluding carboxylic acids is 3. The van der Waals surface area contributed by atoms with Gasteiger partial charge in [-0.3, -0.25) is 32.5 Å². The minimum Gasteiger partial charge on any atom is -0.463 e. The summed E-state index contributed by atoms with van der Waals surface area (Å²) in [5, 5.41) is 20.7. The number of aliphatic hydroxyl groups is 2. The van der Waals surface area contributed by atoms with Crippen LogP contribution in [0.1, 0.15) is 290 Å². The van der Waals surface area contributed by atoms with Crippen LogP contribution in [0, 0.1) is 0 Å². The van der Waals surface area contributed by atoms with E-state index in [1.807, 2.05) is 18.2 Å². The number of allylic oxidation sites excluding steroid dienone is 36. The van der Waals surface area contributed by atoms with E-state index in [2.05, 4.69) is 221 Å². The molecule has 0 aromatic carbocycles. The van der Waals surface area contributed by atoms with Gasteiger partial charge in [0.2, 0.25) is 0 Å². The predicted octanol–water partition coefficient (Wildman–Crippen LogP) is 25.4. The van der Waals surface area contributed by atoms with E-state index in [-0.39, 0.29) is 19.3 Å². The second-order valence-electron chi connectivity index (χ2n) is 27.1. The van der Waals surface area contributed by atoms with Gasteiger partial charge in [0, 0.05) is 19.3 Å². The Labute approximate surface area is 672 Å². The first kappa shape index (κ1) is 105. The fourth-order valence-corrected chi connectivity index (χ4v) is 12.0. The highest BCUT2D eigenvalue weighted by molar-refractivity contribution is 7.47. The average molecular weight is 1580 g/mol. The molecule has 0 heterocycles. The minimum atomic E-state index is -4.97. The number of esters is 3. The molecule has 16 nitrogen and oxygen atoms in total. The Bertz CT molecular complexity index is 2900.